The number of carbonyl (C=O) groups is 1. The van der Waals surface area contributed by atoms with E-state index in [4.69, 9.17) is 4.74 Å². The van der Waals surface area contributed by atoms with E-state index in [0.717, 1.165) is 42.9 Å². The average molecular weight is 408 g/mol. The minimum atomic E-state index is -0.192. The Kier molecular flexibility index (Phi) is 7.83. The number of carbonyl (C=O) groups excluding carboxylic acids is 1. The van der Waals surface area contributed by atoms with E-state index in [1.807, 2.05) is 56.6 Å². The molecule has 2 heterocycles. The Morgan fingerprint density at radius 3 is 2.46 bits per heavy atom. The molecule has 0 spiro atoms. The molecule has 28 heavy (non-hydrogen) atoms. The lowest BCUT2D eigenvalue weighted by Gasteiger charge is -2.23. The van der Waals surface area contributed by atoms with Gasteiger partial charge in [0, 0.05) is 0 Å². The maximum absolute atomic E-state index is 12.7. The van der Waals surface area contributed by atoms with Crippen LogP contribution in [-0.4, -0.2) is 40.1 Å². The molecule has 0 aliphatic carbocycles. The fraction of sp³-hybridized carbons (Fsp3) is 0.550. The second kappa shape index (κ2) is 9.89. The van der Waals surface area contributed by atoms with Crippen LogP contribution < -0.4 is 15.4 Å². The second-order valence-corrected chi connectivity index (χ2v) is 7.38. The number of piperidine rings is 1. The molecule has 1 fully saturated rings. The lowest BCUT2D eigenvalue weighted by Crippen LogP contribution is -2.31. The van der Waals surface area contributed by atoms with Gasteiger partial charge in [0.1, 0.15) is 5.75 Å². The van der Waals surface area contributed by atoms with Crippen LogP contribution in [0, 0.1) is 6.92 Å². The van der Waals surface area contributed by atoms with Crippen LogP contribution in [0.15, 0.2) is 24.3 Å². The smallest absolute Gasteiger partial charge is 0.274 e. The van der Waals surface area contributed by atoms with Gasteiger partial charge in [0.2, 0.25) is 0 Å². The molecule has 0 saturated carbocycles. The van der Waals surface area contributed by atoms with Crippen molar-refractivity contribution in [2.24, 2.45) is 0 Å². The van der Waals surface area contributed by atoms with Gasteiger partial charge in [-0.05, 0) is 71.3 Å². The third-order valence-corrected chi connectivity index (χ3v) is 4.90. The fourth-order valence-corrected chi connectivity index (χ4v) is 3.40. The summed E-state index contributed by atoms with van der Waals surface area (Å²) < 4.78 is 7.56. The molecule has 1 atom stereocenters. The second-order valence-electron chi connectivity index (χ2n) is 7.38. The summed E-state index contributed by atoms with van der Waals surface area (Å²) in [4.78, 5) is 12.7. The molecular weight excluding hydrogens is 378 g/mol. The number of halogens is 1. The monoisotopic (exact) mass is 407 g/mol. The Balaban J connectivity index is 0.00000280. The quantitative estimate of drug-likeness (QED) is 0.768. The van der Waals surface area contributed by atoms with E-state index in [9.17, 15) is 4.79 Å². The van der Waals surface area contributed by atoms with Gasteiger partial charge >= 0.3 is 0 Å². The van der Waals surface area contributed by atoms with Gasteiger partial charge in [0.05, 0.1) is 23.9 Å². The van der Waals surface area contributed by atoms with E-state index in [2.05, 4.69) is 20.9 Å². The summed E-state index contributed by atoms with van der Waals surface area (Å²) in [6.45, 7) is 9.81. The van der Waals surface area contributed by atoms with Crippen LogP contribution in [-0.2, 0) is 0 Å². The molecule has 7 nitrogen and oxygen atoms in total. The van der Waals surface area contributed by atoms with E-state index in [1.54, 1.807) is 0 Å². The van der Waals surface area contributed by atoms with Crippen LogP contribution in [0.25, 0.3) is 0 Å². The predicted octanol–water partition coefficient (Wildman–Crippen LogP) is 3.21. The topological polar surface area (TPSA) is 81.1 Å². The number of amides is 1. The molecule has 1 aromatic carbocycles. The van der Waals surface area contributed by atoms with Crippen molar-refractivity contribution in [1.82, 2.24) is 25.6 Å². The number of nitrogens with zero attached hydrogens (tertiary/aromatic N) is 3. The highest BCUT2D eigenvalue weighted by atomic mass is 35.5. The SMILES string of the molecule is Cc1c(C(=O)NC(C)c2ccc(OC(C)C)cc2)nnn1C1CCNCC1.Cl. The number of hydrogen-bond donors (Lipinski definition) is 2. The van der Waals surface area contributed by atoms with Gasteiger partial charge in [-0.3, -0.25) is 4.79 Å². The molecule has 0 radical (unpaired) electrons. The molecule has 2 aromatic rings. The van der Waals surface area contributed by atoms with Gasteiger partial charge in [0.15, 0.2) is 5.69 Å². The van der Waals surface area contributed by atoms with Crippen LogP contribution in [0.2, 0.25) is 0 Å². The molecule has 154 valence electrons. The van der Waals surface area contributed by atoms with Crippen molar-refractivity contribution in [2.75, 3.05) is 13.1 Å². The zero-order valence-electron chi connectivity index (χ0n) is 16.9. The first-order valence-corrected chi connectivity index (χ1v) is 9.65. The van der Waals surface area contributed by atoms with Gasteiger partial charge in [0.25, 0.3) is 5.91 Å². The molecule has 1 aromatic heterocycles. The maximum atomic E-state index is 12.7. The highest BCUT2D eigenvalue weighted by Gasteiger charge is 2.23. The molecule has 1 aliphatic heterocycles. The lowest BCUT2D eigenvalue weighted by atomic mass is 10.1. The van der Waals surface area contributed by atoms with E-state index in [0.29, 0.717) is 11.7 Å². The summed E-state index contributed by atoms with van der Waals surface area (Å²) in [5.41, 5.74) is 2.25. The molecule has 0 bridgehead atoms. The van der Waals surface area contributed by atoms with Crippen molar-refractivity contribution >= 4 is 18.3 Å². The van der Waals surface area contributed by atoms with E-state index in [1.165, 1.54) is 0 Å². The molecule has 1 saturated heterocycles. The fourth-order valence-electron chi connectivity index (χ4n) is 3.40. The van der Waals surface area contributed by atoms with Crippen LogP contribution in [0.5, 0.6) is 5.75 Å². The summed E-state index contributed by atoms with van der Waals surface area (Å²) >= 11 is 0. The lowest BCUT2D eigenvalue weighted by molar-refractivity contribution is 0.0934. The Bertz CT molecular complexity index is 769. The Morgan fingerprint density at radius 2 is 1.86 bits per heavy atom. The molecule has 1 amide bonds. The molecule has 3 rings (SSSR count). The molecule has 1 unspecified atom stereocenters. The van der Waals surface area contributed by atoms with Crippen LogP contribution in [0.4, 0.5) is 0 Å². The average Bonchev–Trinajstić information content (AvgIpc) is 3.04. The van der Waals surface area contributed by atoms with E-state index in [-0.39, 0.29) is 30.5 Å². The summed E-state index contributed by atoms with van der Waals surface area (Å²) in [5, 5.41) is 14.8. The van der Waals surface area contributed by atoms with Gasteiger partial charge in [-0.15, -0.1) is 17.5 Å². The largest absolute Gasteiger partial charge is 0.491 e. The third-order valence-electron chi connectivity index (χ3n) is 4.90. The number of aromatic nitrogens is 3. The predicted molar refractivity (Wildman–Crippen MR) is 111 cm³/mol. The highest BCUT2D eigenvalue weighted by molar-refractivity contribution is 5.93. The summed E-state index contributed by atoms with van der Waals surface area (Å²) in [7, 11) is 0. The molecule has 8 heteroatoms. The Morgan fingerprint density at radius 1 is 1.21 bits per heavy atom. The van der Waals surface area contributed by atoms with Crippen LogP contribution >= 0.6 is 12.4 Å². The minimum absolute atomic E-state index is 0. The Labute approximate surface area is 172 Å². The zero-order valence-corrected chi connectivity index (χ0v) is 17.8. The summed E-state index contributed by atoms with van der Waals surface area (Å²) in [5.74, 6) is 0.635. The van der Waals surface area contributed by atoms with Gasteiger partial charge in [-0.2, -0.15) is 0 Å². The van der Waals surface area contributed by atoms with Gasteiger partial charge < -0.3 is 15.4 Å². The van der Waals surface area contributed by atoms with Gasteiger partial charge in [-0.1, -0.05) is 17.3 Å². The van der Waals surface area contributed by atoms with Crippen molar-refractivity contribution in [3.8, 4) is 5.75 Å². The number of nitrogens with one attached hydrogen (secondary N) is 2. The number of benzene rings is 1. The molecule has 2 N–H and O–H groups in total. The third kappa shape index (κ3) is 5.23. The highest BCUT2D eigenvalue weighted by Crippen LogP contribution is 2.22. The van der Waals surface area contributed by atoms with E-state index >= 15 is 0 Å². The van der Waals surface area contributed by atoms with Crippen molar-refractivity contribution < 1.29 is 9.53 Å². The normalized spacial score (nSPS) is 15.8. The maximum Gasteiger partial charge on any atom is 0.274 e. The number of hydrogen-bond acceptors (Lipinski definition) is 5. The number of rotatable bonds is 6. The first-order valence-electron chi connectivity index (χ1n) is 9.65. The minimum Gasteiger partial charge on any atom is -0.491 e. The summed E-state index contributed by atoms with van der Waals surface area (Å²) in [6, 6.07) is 7.98. The number of ether oxygens (including phenoxy) is 1. The molecule has 1 aliphatic rings. The van der Waals surface area contributed by atoms with Crippen LogP contribution in [0.3, 0.4) is 0 Å². The van der Waals surface area contributed by atoms with Crippen molar-refractivity contribution in [2.45, 2.75) is 58.7 Å². The van der Waals surface area contributed by atoms with Crippen molar-refractivity contribution in [3.63, 3.8) is 0 Å². The summed E-state index contributed by atoms with van der Waals surface area (Å²) in [6.07, 6.45) is 2.15. The van der Waals surface area contributed by atoms with Crippen molar-refractivity contribution in [3.05, 3.63) is 41.2 Å². The first-order chi connectivity index (χ1) is 13.0. The van der Waals surface area contributed by atoms with Crippen molar-refractivity contribution in [1.29, 1.82) is 0 Å². The van der Waals surface area contributed by atoms with Crippen LogP contribution in [0.1, 0.15) is 67.4 Å². The standard InChI is InChI=1S/C20H29N5O2.ClH/c1-13(2)27-18-7-5-16(6-8-18)14(3)22-20(26)19-15(4)25(24-23-19)17-9-11-21-12-10-17;/h5-8,13-14,17,21H,9-12H2,1-4H3,(H,22,26);1H. The first kappa shape index (κ1) is 22.2. The molecular formula is C20H30ClN5O2. The Hall–Kier alpha value is -2.12. The van der Waals surface area contributed by atoms with E-state index < -0.39 is 0 Å². The van der Waals surface area contributed by atoms with Gasteiger partial charge in [-0.25, -0.2) is 4.68 Å². The zero-order chi connectivity index (χ0) is 19.4.